The Morgan fingerprint density at radius 2 is 2.41 bits per heavy atom. The molecule has 2 rings (SSSR count). The van der Waals surface area contributed by atoms with Crippen LogP contribution in [-0.2, 0) is 11.8 Å². The average molecular weight is 313 g/mol. The van der Waals surface area contributed by atoms with Gasteiger partial charge in [-0.25, -0.2) is 0 Å². The summed E-state index contributed by atoms with van der Waals surface area (Å²) in [5, 5.41) is 1.87. The fourth-order valence-electron chi connectivity index (χ4n) is 1.14. The first-order valence-electron chi connectivity index (χ1n) is 4.77. The number of rotatable bonds is 2. The Morgan fingerprint density at radius 1 is 1.59 bits per heavy atom. The maximum atomic E-state index is 11.5. The molecular weight excluding hydrogens is 304 g/mol. The van der Waals surface area contributed by atoms with Crippen molar-refractivity contribution in [2.24, 2.45) is 12.0 Å². The minimum atomic E-state index is -0.310. The molecule has 2 aromatic rings. The normalized spacial score (nSPS) is 12.5. The monoisotopic (exact) mass is 312 g/mol. The zero-order valence-corrected chi connectivity index (χ0v) is 11.4. The van der Waals surface area contributed by atoms with Gasteiger partial charge in [-0.1, -0.05) is 0 Å². The van der Waals surface area contributed by atoms with Crippen molar-refractivity contribution in [3.8, 4) is 0 Å². The van der Waals surface area contributed by atoms with Gasteiger partial charge in [-0.15, -0.1) is 11.3 Å². The Labute approximate surface area is 110 Å². The van der Waals surface area contributed by atoms with Crippen LogP contribution in [0.25, 0.3) is 6.08 Å². The summed E-state index contributed by atoms with van der Waals surface area (Å²) in [5.74, 6) is 0.298. The summed E-state index contributed by atoms with van der Waals surface area (Å²) in [4.78, 5) is 16.1. The summed E-state index contributed by atoms with van der Waals surface area (Å²) in [6, 6.07) is 3.53. The quantitative estimate of drug-likeness (QED) is 0.800. The van der Waals surface area contributed by atoms with Gasteiger partial charge in [-0.2, -0.15) is 4.99 Å². The topological polar surface area (TPSA) is 47.5 Å². The van der Waals surface area contributed by atoms with E-state index in [1.165, 1.54) is 17.4 Å². The van der Waals surface area contributed by atoms with Gasteiger partial charge in [0.2, 0.25) is 0 Å². The Bertz CT molecular complexity index is 621. The predicted octanol–water partition coefficient (Wildman–Crippen LogP) is 2.58. The van der Waals surface area contributed by atoms with Gasteiger partial charge in [0.1, 0.15) is 5.76 Å². The molecule has 6 heteroatoms. The number of thiazole rings is 1. The van der Waals surface area contributed by atoms with E-state index in [9.17, 15) is 4.79 Å². The van der Waals surface area contributed by atoms with E-state index in [0.29, 0.717) is 15.2 Å². The minimum Gasteiger partial charge on any atom is -0.450 e. The second-order valence-corrected chi connectivity index (χ2v) is 4.88. The molecule has 88 valence electrons. The number of nitrogens with zero attached hydrogens (tertiary/aromatic N) is 2. The van der Waals surface area contributed by atoms with Gasteiger partial charge in [0.05, 0.1) is 0 Å². The van der Waals surface area contributed by atoms with E-state index in [2.05, 4.69) is 20.9 Å². The molecule has 0 atom stereocenters. The van der Waals surface area contributed by atoms with E-state index < -0.39 is 0 Å². The van der Waals surface area contributed by atoms with Crippen LogP contribution in [0.2, 0.25) is 0 Å². The highest BCUT2D eigenvalue weighted by Crippen LogP contribution is 2.14. The lowest BCUT2D eigenvalue weighted by Crippen LogP contribution is -2.11. The molecule has 0 saturated heterocycles. The van der Waals surface area contributed by atoms with E-state index in [4.69, 9.17) is 4.42 Å². The van der Waals surface area contributed by atoms with Crippen LogP contribution in [0.15, 0.2) is 43.9 Å². The molecule has 2 aromatic heterocycles. The highest BCUT2D eigenvalue weighted by molar-refractivity contribution is 9.10. The van der Waals surface area contributed by atoms with E-state index in [-0.39, 0.29) is 5.91 Å². The second kappa shape index (κ2) is 5.29. The average Bonchev–Trinajstić information content (AvgIpc) is 2.86. The predicted molar refractivity (Wildman–Crippen MR) is 69.3 cm³/mol. The molecule has 2 heterocycles. The second-order valence-electron chi connectivity index (χ2n) is 3.22. The van der Waals surface area contributed by atoms with Crippen molar-refractivity contribution in [1.82, 2.24) is 4.57 Å². The highest BCUT2D eigenvalue weighted by Gasteiger charge is 1.97. The third kappa shape index (κ3) is 3.28. The van der Waals surface area contributed by atoms with Crippen LogP contribution in [0.3, 0.4) is 0 Å². The molecule has 0 fully saturated rings. The summed E-state index contributed by atoms with van der Waals surface area (Å²) >= 11 is 4.60. The van der Waals surface area contributed by atoms with Gasteiger partial charge in [-0.05, 0) is 34.1 Å². The molecule has 0 bridgehead atoms. The summed E-state index contributed by atoms with van der Waals surface area (Å²) in [5.41, 5.74) is 0. The lowest BCUT2D eigenvalue weighted by atomic mass is 10.4. The number of halogens is 1. The Morgan fingerprint density at radius 3 is 3.00 bits per heavy atom. The first kappa shape index (κ1) is 12.1. The number of carbonyl (C=O) groups is 1. The van der Waals surface area contributed by atoms with Crippen molar-refractivity contribution in [3.05, 3.63) is 45.0 Å². The molecular formula is C11H9BrN2O2S. The molecule has 0 unspecified atom stereocenters. The number of aromatic nitrogens is 1. The van der Waals surface area contributed by atoms with Gasteiger partial charge in [0, 0.05) is 24.7 Å². The molecule has 0 radical (unpaired) electrons. The van der Waals surface area contributed by atoms with Crippen LogP contribution in [0.5, 0.6) is 0 Å². The molecule has 0 aromatic carbocycles. The lowest BCUT2D eigenvalue weighted by molar-refractivity contribution is -0.113. The van der Waals surface area contributed by atoms with Gasteiger partial charge in [0.25, 0.3) is 5.91 Å². The molecule has 0 N–H and O–H groups in total. The number of aryl methyl sites for hydroxylation is 1. The van der Waals surface area contributed by atoms with E-state index in [0.717, 1.165) is 0 Å². The molecule has 1 amide bonds. The lowest BCUT2D eigenvalue weighted by Gasteiger charge is -1.87. The SMILES string of the molecule is Cn1ccsc1=NC(=O)/C=C/c1ccc(Br)o1. The van der Waals surface area contributed by atoms with Crippen LogP contribution >= 0.6 is 27.3 Å². The highest BCUT2D eigenvalue weighted by atomic mass is 79.9. The molecule has 0 saturated carbocycles. The van der Waals surface area contributed by atoms with Gasteiger partial charge in [0.15, 0.2) is 9.47 Å². The van der Waals surface area contributed by atoms with Crippen LogP contribution in [-0.4, -0.2) is 10.5 Å². The van der Waals surface area contributed by atoms with Gasteiger partial charge >= 0.3 is 0 Å². The number of carbonyl (C=O) groups excluding carboxylic acids is 1. The number of amides is 1. The fourth-order valence-corrected chi connectivity index (χ4v) is 2.19. The molecule has 0 spiro atoms. The molecule has 17 heavy (non-hydrogen) atoms. The smallest absolute Gasteiger partial charge is 0.272 e. The largest absolute Gasteiger partial charge is 0.450 e. The third-order valence-corrected chi connectivity index (χ3v) is 3.22. The van der Waals surface area contributed by atoms with E-state index in [1.54, 1.807) is 22.8 Å². The van der Waals surface area contributed by atoms with E-state index in [1.807, 2.05) is 18.6 Å². The summed E-state index contributed by atoms with van der Waals surface area (Å²) in [7, 11) is 1.84. The summed E-state index contributed by atoms with van der Waals surface area (Å²) < 4.78 is 7.65. The fraction of sp³-hybridized carbons (Fsp3) is 0.0909. The number of furan rings is 1. The number of hydrogen-bond donors (Lipinski definition) is 0. The third-order valence-electron chi connectivity index (χ3n) is 1.95. The Kier molecular flexibility index (Phi) is 3.75. The summed E-state index contributed by atoms with van der Waals surface area (Å²) in [6.07, 6.45) is 4.82. The standard InChI is InChI=1S/C11H9BrN2O2S/c1-14-6-7-17-11(14)13-10(15)5-3-8-2-4-9(12)16-8/h2-7H,1H3/b5-3+,13-11?. The maximum Gasteiger partial charge on any atom is 0.272 e. The zero-order chi connectivity index (χ0) is 12.3. The Balaban J connectivity index is 2.13. The molecule has 0 aliphatic carbocycles. The zero-order valence-electron chi connectivity index (χ0n) is 8.96. The van der Waals surface area contributed by atoms with Crippen molar-refractivity contribution in [1.29, 1.82) is 0 Å². The van der Waals surface area contributed by atoms with Crippen LogP contribution in [0.4, 0.5) is 0 Å². The van der Waals surface area contributed by atoms with E-state index >= 15 is 0 Å². The van der Waals surface area contributed by atoms with Crippen molar-refractivity contribution in [2.75, 3.05) is 0 Å². The first-order valence-corrected chi connectivity index (χ1v) is 6.44. The molecule has 0 aliphatic heterocycles. The van der Waals surface area contributed by atoms with Gasteiger partial charge < -0.3 is 8.98 Å². The van der Waals surface area contributed by atoms with Crippen molar-refractivity contribution in [2.45, 2.75) is 0 Å². The number of hydrogen-bond acceptors (Lipinski definition) is 3. The van der Waals surface area contributed by atoms with Gasteiger partial charge in [-0.3, -0.25) is 4.79 Å². The van der Waals surface area contributed by atoms with Crippen LogP contribution < -0.4 is 4.80 Å². The molecule has 0 aliphatic rings. The van der Waals surface area contributed by atoms with Crippen LogP contribution in [0, 0.1) is 0 Å². The maximum absolute atomic E-state index is 11.5. The first-order chi connectivity index (χ1) is 8.15. The Hall–Kier alpha value is -1.40. The van der Waals surface area contributed by atoms with Crippen molar-refractivity contribution >= 4 is 39.2 Å². The van der Waals surface area contributed by atoms with Crippen LogP contribution in [0.1, 0.15) is 5.76 Å². The van der Waals surface area contributed by atoms with Crippen molar-refractivity contribution < 1.29 is 9.21 Å². The molecule has 4 nitrogen and oxygen atoms in total. The summed E-state index contributed by atoms with van der Waals surface area (Å²) in [6.45, 7) is 0. The minimum absolute atomic E-state index is 0.310. The van der Waals surface area contributed by atoms with Crippen molar-refractivity contribution in [3.63, 3.8) is 0 Å².